The average Bonchev–Trinajstić information content (AvgIpc) is 3.78. The smallest absolute Gasteiger partial charge is 0.404 e. The number of urea groups is 1. The van der Waals surface area contributed by atoms with Crippen molar-refractivity contribution in [2.75, 3.05) is 44.7 Å². The molecule has 4 N–H and O–H groups in total. The Kier molecular flexibility index (Phi) is 7.52. The predicted octanol–water partition coefficient (Wildman–Crippen LogP) is 2.57. The molecule has 0 atom stereocenters. The number of hydrogen-bond acceptors (Lipinski definition) is 8. The van der Waals surface area contributed by atoms with Gasteiger partial charge in [0.15, 0.2) is 0 Å². The molecule has 3 heterocycles. The molecule has 2 saturated carbocycles. The number of carbonyl (C=O) groups excluding carboxylic acids is 2. The summed E-state index contributed by atoms with van der Waals surface area (Å²) >= 11 is 0. The quantitative estimate of drug-likeness (QED) is 0.417. The van der Waals surface area contributed by atoms with Gasteiger partial charge in [0.2, 0.25) is 5.95 Å². The number of anilines is 1. The van der Waals surface area contributed by atoms with Crippen LogP contribution in [0, 0.1) is 5.92 Å². The highest BCUT2D eigenvalue weighted by Gasteiger charge is 2.30. The molecule has 3 fully saturated rings. The van der Waals surface area contributed by atoms with Crippen LogP contribution in [0.25, 0.3) is 21.8 Å². The highest BCUT2D eigenvalue weighted by Crippen LogP contribution is 2.34. The third kappa shape index (κ3) is 5.84. The summed E-state index contributed by atoms with van der Waals surface area (Å²) in [6.45, 7) is 5.26. The van der Waals surface area contributed by atoms with Gasteiger partial charge in [-0.15, -0.1) is 0 Å². The Morgan fingerprint density at radius 3 is 2.39 bits per heavy atom. The number of nitrogens with zero attached hydrogens (tertiary/aromatic N) is 6. The lowest BCUT2D eigenvalue weighted by Crippen LogP contribution is -2.43. The van der Waals surface area contributed by atoms with Gasteiger partial charge in [0.05, 0.1) is 0 Å². The topological polar surface area (TPSA) is 153 Å². The second-order valence-electron chi connectivity index (χ2n) is 11.8. The van der Waals surface area contributed by atoms with Gasteiger partial charge in [-0.25, -0.2) is 14.6 Å². The molecule has 0 unspecified atom stereocenters. The van der Waals surface area contributed by atoms with Crippen molar-refractivity contribution in [1.82, 2.24) is 24.3 Å². The number of primary amides is 2. The fourth-order valence-electron chi connectivity index (χ4n) is 6.21. The van der Waals surface area contributed by atoms with Gasteiger partial charge in [0, 0.05) is 62.3 Å². The highest BCUT2D eigenvalue weighted by atomic mass is 16.6. The van der Waals surface area contributed by atoms with Crippen LogP contribution in [0.15, 0.2) is 29.2 Å². The second kappa shape index (κ2) is 11.2. The van der Waals surface area contributed by atoms with Crippen molar-refractivity contribution in [3.8, 4) is 0 Å². The van der Waals surface area contributed by atoms with Crippen molar-refractivity contribution in [1.29, 1.82) is 0 Å². The van der Waals surface area contributed by atoms with Crippen molar-refractivity contribution < 1.29 is 14.3 Å². The van der Waals surface area contributed by atoms with Crippen molar-refractivity contribution in [2.24, 2.45) is 17.4 Å². The molecule has 1 aliphatic heterocycles. The predicted molar refractivity (Wildman–Crippen MR) is 156 cm³/mol. The number of carbonyl (C=O) groups is 2. The van der Waals surface area contributed by atoms with Gasteiger partial charge in [0.1, 0.15) is 11.8 Å². The van der Waals surface area contributed by atoms with Crippen LogP contribution < -0.4 is 21.9 Å². The average molecular weight is 563 g/mol. The number of likely N-dealkylation sites (N-methyl/N-ethyl adjacent to an activating group) is 1. The lowest BCUT2D eigenvalue weighted by Gasteiger charge is -2.32. The number of pyridine rings is 1. The monoisotopic (exact) mass is 562 g/mol. The SMILES string of the molecule is CN1CCN(Cc2ccc3c(c2)c(=O)n(C2CCC(OC(N)=O)CC2)c2nc(N(CC4CC4)C(N)=O)ncc32)CC1. The summed E-state index contributed by atoms with van der Waals surface area (Å²) in [6, 6.07) is 5.31. The third-order valence-corrected chi connectivity index (χ3v) is 8.75. The lowest BCUT2D eigenvalue weighted by atomic mass is 9.92. The summed E-state index contributed by atoms with van der Waals surface area (Å²) < 4.78 is 7.00. The van der Waals surface area contributed by atoms with Crippen molar-refractivity contribution in [3.05, 3.63) is 40.3 Å². The fraction of sp³-hybridized carbons (Fsp3) is 0.552. The number of hydrogen-bond donors (Lipinski definition) is 2. The molecule has 3 aliphatic rings. The van der Waals surface area contributed by atoms with Crippen LogP contribution in [0.1, 0.15) is 50.1 Å². The molecule has 1 aromatic carbocycles. The van der Waals surface area contributed by atoms with E-state index in [1.165, 1.54) is 4.90 Å². The van der Waals surface area contributed by atoms with E-state index in [4.69, 9.17) is 21.2 Å². The molecule has 0 radical (unpaired) electrons. The Hall–Kier alpha value is -3.77. The molecule has 0 spiro atoms. The van der Waals surface area contributed by atoms with Crippen molar-refractivity contribution >= 4 is 39.9 Å². The zero-order valence-electron chi connectivity index (χ0n) is 23.5. The van der Waals surface area contributed by atoms with E-state index in [1.54, 1.807) is 10.8 Å². The fourth-order valence-corrected chi connectivity index (χ4v) is 6.21. The molecule has 0 bridgehead atoms. The summed E-state index contributed by atoms with van der Waals surface area (Å²) in [6.07, 6.45) is 5.18. The van der Waals surface area contributed by atoms with Crippen LogP contribution in [-0.2, 0) is 11.3 Å². The maximum atomic E-state index is 14.3. The normalized spacial score (nSPS) is 22.2. The minimum atomic E-state index is -0.783. The molecule has 41 heavy (non-hydrogen) atoms. The van der Waals surface area contributed by atoms with E-state index in [-0.39, 0.29) is 23.7 Å². The number of amides is 3. The van der Waals surface area contributed by atoms with Crippen molar-refractivity contribution in [3.63, 3.8) is 0 Å². The third-order valence-electron chi connectivity index (χ3n) is 8.75. The van der Waals surface area contributed by atoms with Crippen LogP contribution >= 0.6 is 0 Å². The Balaban J connectivity index is 1.42. The maximum Gasteiger partial charge on any atom is 0.404 e. The number of aromatic nitrogens is 3. The first-order chi connectivity index (χ1) is 19.8. The molecule has 6 rings (SSSR count). The summed E-state index contributed by atoms with van der Waals surface area (Å²) in [4.78, 5) is 53.4. The number of benzene rings is 1. The Morgan fingerprint density at radius 1 is 1.00 bits per heavy atom. The van der Waals surface area contributed by atoms with Gasteiger partial charge < -0.3 is 21.1 Å². The summed E-state index contributed by atoms with van der Waals surface area (Å²) in [5.41, 5.74) is 12.4. The number of fused-ring (bicyclic) bond motifs is 3. The largest absolute Gasteiger partial charge is 0.446 e. The van der Waals surface area contributed by atoms with Gasteiger partial charge in [0.25, 0.3) is 5.56 Å². The first kappa shape index (κ1) is 27.4. The second-order valence-corrected chi connectivity index (χ2v) is 11.8. The minimum absolute atomic E-state index is 0.121. The molecular formula is C29H38N8O4. The van der Waals surface area contributed by atoms with E-state index in [0.717, 1.165) is 61.9 Å². The van der Waals surface area contributed by atoms with E-state index in [0.29, 0.717) is 49.2 Å². The van der Waals surface area contributed by atoms with E-state index < -0.39 is 12.1 Å². The number of nitrogens with two attached hydrogens (primary N) is 2. The summed E-state index contributed by atoms with van der Waals surface area (Å²) in [5, 5.41) is 2.16. The van der Waals surface area contributed by atoms with Gasteiger partial charge in [-0.1, -0.05) is 12.1 Å². The van der Waals surface area contributed by atoms with E-state index in [2.05, 4.69) is 27.9 Å². The minimum Gasteiger partial charge on any atom is -0.446 e. The molecule has 218 valence electrons. The highest BCUT2D eigenvalue weighted by molar-refractivity contribution is 6.04. The van der Waals surface area contributed by atoms with Crippen LogP contribution in [-0.4, -0.2) is 82.3 Å². The Labute approximate surface area is 238 Å². The Bertz CT molecular complexity index is 1520. The number of ether oxygens (including phenoxy) is 1. The van der Waals surface area contributed by atoms with E-state index in [9.17, 15) is 14.4 Å². The van der Waals surface area contributed by atoms with Gasteiger partial charge >= 0.3 is 12.1 Å². The summed E-state index contributed by atoms with van der Waals surface area (Å²) in [7, 11) is 2.14. The van der Waals surface area contributed by atoms with Gasteiger partial charge in [-0.2, -0.15) is 4.98 Å². The number of piperazine rings is 1. The standard InChI is InChI=1S/C29H38N8O4/c1-34-10-12-35(13-11-34)16-19-4-9-22-23(14-19)26(38)37(20-5-7-21(8-6-20)41-28(31)40)25-24(22)15-32-29(33-25)36(27(30)39)17-18-2-3-18/h4,9,14-15,18,20-21H,2-3,5-8,10-13,16-17H2,1H3,(H2,30,39)(H2,31,40). The number of rotatable bonds is 7. The maximum absolute atomic E-state index is 14.3. The first-order valence-corrected chi connectivity index (χ1v) is 14.5. The summed E-state index contributed by atoms with van der Waals surface area (Å²) in [5.74, 6) is 0.599. The van der Waals surface area contributed by atoms with Crippen LogP contribution in [0.5, 0.6) is 0 Å². The first-order valence-electron chi connectivity index (χ1n) is 14.5. The Morgan fingerprint density at radius 2 is 1.73 bits per heavy atom. The van der Waals surface area contributed by atoms with Crippen LogP contribution in [0.3, 0.4) is 0 Å². The van der Waals surface area contributed by atoms with Crippen molar-refractivity contribution in [2.45, 2.75) is 57.2 Å². The van der Waals surface area contributed by atoms with E-state index >= 15 is 0 Å². The van der Waals surface area contributed by atoms with Gasteiger partial charge in [-0.3, -0.25) is 19.2 Å². The van der Waals surface area contributed by atoms with E-state index in [1.807, 2.05) is 12.1 Å². The molecule has 3 aromatic rings. The molecular weight excluding hydrogens is 524 g/mol. The molecule has 1 saturated heterocycles. The lowest BCUT2D eigenvalue weighted by molar-refractivity contribution is 0.0724. The molecule has 2 aliphatic carbocycles. The van der Waals surface area contributed by atoms with Gasteiger partial charge in [-0.05, 0) is 68.5 Å². The molecule has 12 nitrogen and oxygen atoms in total. The zero-order chi connectivity index (χ0) is 28.7. The van der Waals surface area contributed by atoms with Crippen LogP contribution in [0.2, 0.25) is 0 Å². The van der Waals surface area contributed by atoms with Crippen LogP contribution in [0.4, 0.5) is 15.5 Å². The molecule has 12 heteroatoms. The zero-order valence-corrected chi connectivity index (χ0v) is 23.5. The molecule has 2 aromatic heterocycles. The molecule has 3 amide bonds.